The Morgan fingerprint density at radius 1 is 1.44 bits per heavy atom. The van der Waals surface area contributed by atoms with Gasteiger partial charge in [-0.05, 0) is 44.3 Å². The first kappa shape index (κ1) is 13.5. The molecule has 6 nitrogen and oxygen atoms in total. The quantitative estimate of drug-likeness (QED) is 0.814. The number of hydrogen-bond donors (Lipinski definition) is 2. The summed E-state index contributed by atoms with van der Waals surface area (Å²) in [4.78, 5) is 0. The lowest BCUT2D eigenvalue weighted by Crippen LogP contribution is -2.32. The Morgan fingerprint density at radius 3 is 2.78 bits per heavy atom. The monoisotopic (exact) mass is 272 g/mol. The second-order valence-electron chi connectivity index (χ2n) is 4.73. The average Bonchev–Trinajstić information content (AvgIpc) is 2.91. The standard InChI is InChI=1S/C11H20N4O2S/c1-15(9-5-10-2-6-12-7-3-10)18(16,17)11-4-8-13-14-11/h4,8,10,12H,2-3,5-7,9H2,1H3,(H,13,14). The van der Waals surface area contributed by atoms with Gasteiger partial charge in [0.15, 0.2) is 5.03 Å². The van der Waals surface area contributed by atoms with Crippen molar-refractivity contribution in [2.24, 2.45) is 5.92 Å². The normalized spacial score (nSPS) is 18.3. The molecule has 0 amide bonds. The summed E-state index contributed by atoms with van der Waals surface area (Å²) in [5.41, 5.74) is 0. The number of H-pyrrole nitrogens is 1. The largest absolute Gasteiger partial charge is 0.317 e. The molecule has 1 aliphatic heterocycles. The van der Waals surface area contributed by atoms with Crippen molar-refractivity contribution in [2.45, 2.75) is 24.3 Å². The number of aromatic amines is 1. The van der Waals surface area contributed by atoms with Crippen molar-refractivity contribution in [1.82, 2.24) is 19.8 Å². The summed E-state index contributed by atoms with van der Waals surface area (Å²) >= 11 is 0. The van der Waals surface area contributed by atoms with E-state index in [4.69, 9.17) is 0 Å². The minimum absolute atomic E-state index is 0.162. The molecule has 1 aromatic heterocycles. The fourth-order valence-corrected chi connectivity index (χ4v) is 3.29. The molecule has 1 fully saturated rings. The van der Waals surface area contributed by atoms with E-state index in [0.717, 1.165) is 32.4 Å². The maximum absolute atomic E-state index is 12.1. The summed E-state index contributed by atoms with van der Waals surface area (Å²) in [6.07, 6.45) is 4.65. The highest BCUT2D eigenvalue weighted by molar-refractivity contribution is 7.89. The minimum Gasteiger partial charge on any atom is -0.317 e. The second-order valence-corrected chi connectivity index (χ2v) is 6.74. The van der Waals surface area contributed by atoms with Crippen LogP contribution in [0.25, 0.3) is 0 Å². The number of nitrogens with one attached hydrogen (secondary N) is 2. The Hall–Kier alpha value is -0.920. The predicted octanol–water partition coefficient (Wildman–Crippen LogP) is 0.420. The van der Waals surface area contributed by atoms with Gasteiger partial charge in [-0.2, -0.15) is 9.40 Å². The van der Waals surface area contributed by atoms with Crippen LogP contribution in [-0.4, -0.2) is 49.6 Å². The van der Waals surface area contributed by atoms with Crippen LogP contribution >= 0.6 is 0 Å². The molecule has 2 heterocycles. The third-order valence-corrected chi connectivity index (χ3v) is 5.26. The van der Waals surface area contributed by atoms with Gasteiger partial charge in [-0.25, -0.2) is 8.42 Å². The molecule has 0 unspecified atom stereocenters. The number of sulfonamides is 1. The van der Waals surface area contributed by atoms with Crippen molar-refractivity contribution in [2.75, 3.05) is 26.7 Å². The van der Waals surface area contributed by atoms with Crippen LogP contribution < -0.4 is 5.32 Å². The van der Waals surface area contributed by atoms with Crippen molar-refractivity contribution < 1.29 is 8.42 Å². The van der Waals surface area contributed by atoms with Crippen LogP contribution in [-0.2, 0) is 10.0 Å². The summed E-state index contributed by atoms with van der Waals surface area (Å²) < 4.78 is 25.6. The molecule has 2 N–H and O–H groups in total. The number of piperidine rings is 1. The van der Waals surface area contributed by atoms with Gasteiger partial charge in [0.2, 0.25) is 0 Å². The van der Waals surface area contributed by atoms with Crippen molar-refractivity contribution in [3.8, 4) is 0 Å². The lowest BCUT2D eigenvalue weighted by Gasteiger charge is -2.24. The molecule has 0 spiro atoms. The van der Waals surface area contributed by atoms with E-state index in [-0.39, 0.29) is 5.03 Å². The zero-order valence-electron chi connectivity index (χ0n) is 10.6. The highest BCUT2D eigenvalue weighted by Crippen LogP contribution is 2.18. The molecule has 7 heteroatoms. The third-order valence-electron chi connectivity index (χ3n) is 3.47. The fraction of sp³-hybridized carbons (Fsp3) is 0.727. The predicted molar refractivity (Wildman–Crippen MR) is 68.6 cm³/mol. The summed E-state index contributed by atoms with van der Waals surface area (Å²) in [6.45, 7) is 2.65. The Labute approximate surface area is 108 Å². The van der Waals surface area contributed by atoms with E-state index in [1.165, 1.54) is 16.6 Å². The summed E-state index contributed by atoms with van der Waals surface area (Å²) in [6, 6.07) is 1.48. The van der Waals surface area contributed by atoms with Crippen molar-refractivity contribution in [1.29, 1.82) is 0 Å². The van der Waals surface area contributed by atoms with Crippen molar-refractivity contribution in [3.05, 3.63) is 12.3 Å². The molecule has 1 aliphatic rings. The highest BCUT2D eigenvalue weighted by atomic mass is 32.2. The molecule has 0 aromatic carbocycles. The van der Waals surface area contributed by atoms with Gasteiger partial charge in [-0.3, -0.25) is 5.10 Å². The first-order valence-electron chi connectivity index (χ1n) is 6.27. The maximum Gasteiger partial charge on any atom is 0.259 e. The molecule has 0 radical (unpaired) electrons. The van der Waals surface area contributed by atoms with E-state index in [0.29, 0.717) is 12.5 Å². The van der Waals surface area contributed by atoms with Gasteiger partial charge in [0.1, 0.15) is 0 Å². The zero-order valence-corrected chi connectivity index (χ0v) is 11.4. The Morgan fingerprint density at radius 2 is 2.17 bits per heavy atom. The van der Waals surface area contributed by atoms with E-state index >= 15 is 0 Å². The molecule has 18 heavy (non-hydrogen) atoms. The van der Waals surface area contributed by atoms with Crippen molar-refractivity contribution >= 4 is 10.0 Å². The molecular weight excluding hydrogens is 252 g/mol. The number of aromatic nitrogens is 2. The smallest absolute Gasteiger partial charge is 0.259 e. The minimum atomic E-state index is -3.40. The third kappa shape index (κ3) is 3.09. The van der Waals surface area contributed by atoms with Gasteiger partial charge < -0.3 is 5.32 Å². The molecule has 2 rings (SSSR count). The van der Waals surface area contributed by atoms with Gasteiger partial charge >= 0.3 is 0 Å². The van der Waals surface area contributed by atoms with Gasteiger partial charge in [0.25, 0.3) is 10.0 Å². The molecular formula is C11H20N4O2S. The second kappa shape index (κ2) is 5.81. The van der Waals surface area contributed by atoms with Gasteiger partial charge in [0.05, 0.1) is 6.20 Å². The van der Waals surface area contributed by atoms with Crippen LogP contribution in [0.5, 0.6) is 0 Å². The van der Waals surface area contributed by atoms with Crippen LogP contribution in [0, 0.1) is 5.92 Å². The lowest BCUT2D eigenvalue weighted by atomic mass is 9.95. The molecule has 0 bridgehead atoms. The van der Waals surface area contributed by atoms with Gasteiger partial charge in [-0.1, -0.05) is 0 Å². The van der Waals surface area contributed by atoms with Crippen LogP contribution in [0.2, 0.25) is 0 Å². The maximum atomic E-state index is 12.1. The number of nitrogens with zero attached hydrogens (tertiary/aromatic N) is 2. The van der Waals surface area contributed by atoms with Gasteiger partial charge in [0, 0.05) is 13.6 Å². The lowest BCUT2D eigenvalue weighted by molar-refractivity contribution is 0.325. The molecule has 102 valence electrons. The fourth-order valence-electron chi connectivity index (χ4n) is 2.21. The number of rotatable bonds is 5. The van der Waals surface area contributed by atoms with Crippen LogP contribution in [0.4, 0.5) is 0 Å². The summed E-state index contributed by atoms with van der Waals surface area (Å²) in [5, 5.41) is 9.66. The first-order chi connectivity index (χ1) is 8.60. The van der Waals surface area contributed by atoms with E-state index in [1.54, 1.807) is 7.05 Å². The molecule has 1 aromatic rings. The summed E-state index contributed by atoms with van der Waals surface area (Å²) in [7, 11) is -1.77. The highest BCUT2D eigenvalue weighted by Gasteiger charge is 2.23. The molecule has 0 atom stereocenters. The zero-order chi connectivity index (χ0) is 13.0. The molecule has 0 aliphatic carbocycles. The van der Waals surface area contributed by atoms with E-state index in [2.05, 4.69) is 15.5 Å². The van der Waals surface area contributed by atoms with Crippen LogP contribution in [0.1, 0.15) is 19.3 Å². The Balaban J connectivity index is 1.89. The van der Waals surface area contributed by atoms with E-state index < -0.39 is 10.0 Å². The van der Waals surface area contributed by atoms with Gasteiger partial charge in [-0.15, -0.1) is 0 Å². The molecule has 1 saturated heterocycles. The Kier molecular flexibility index (Phi) is 4.36. The molecule has 0 saturated carbocycles. The topological polar surface area (TPSA) is 78.1 Å². The van der Waals surface area contributed by atoms with Crippen LogP contribution in [0.3, 0.4) is 0 Å². The average molecular weight is 272 g/mol. The Bertz CT molecular complexity index is 451. The van der Waals surface area contributed by atoms with Crippen molar-refractivity contribution in [3.63, 3.8) is 0 Å². The number of hydrogen-bond acceptors (Lipinski definition) is 4. The van der Waals surface area contributed by atoms with Crippen LogP contribution in [0.15, 0.2) is 17.3 Å². The SMILES string of the molecule is CN(CCC1CCNCC1)S(=O)(=O)c1ccn[nH]1. The van der Waals surface area contributed by atoms with E-state index in [9.17, 15) is 8.42 Å². The summed E-state index contributed by atoms with van der Waals surface area (Å²) in [5.74, 6) is 0.630. The van der Waals surface area contributed by atoms with E-state index in [1.807, 2.05) is 0 Å². The first-order valence-corrected chi connectivity index (χ1v) is 7.71.